The molecule has 0 aromatic heterocycles. The number of rotatable bonds is 44. The molecule has 0 aromatic carbocycles. The Kier molecular flexibility index (Phi) is 40.8. The summed E-state index contributed by atoms with van der Waals surface area (Å²) < 4.78 is 0. The van der Waals surface area contributed by atoms with Gasteiger partial charge in [-0.1, -0.05) is 179 Å². The molecule has 2 fully saturated rings. The van der Waals surface area contributed by atoms with Crippen LogP contribution in [0.2, 0.25) is 0 Å². The predicted molar refractivity (Wildman–Crippen MR) is 307 cm³/mol. The third kappa shape index (κ3) is 30.9. The molecule has 0 aromatic rings. The van der Waals surface area contributed by atoms with E-state index in [1.165, 1.54) is 89.9 Å². The van der Waals surface area contributed by atoms with E-state index in [1.54, 1.807) is 0 Å². The molecule has 2 unspecified atom stereocenters. The lowest BCUT2D eigenvalue weighted by atomic mass is 9.82. The van der Waals surface area contributed by atoms with Crippen molar-refractivity contribution in [2.45, 2.75) is 271 Å². The quantitative estimate of drug-likeness (QED) is 0.0468. The van der Waals surface area contributed by atoms with Crippen molar-refractivity contribution in [1.29, 1.82) is 0 Å². The number of nitrogens with one attached hydrogen (secondary N) is 2. The van der Waals surface area contributed by atoms with Crippen molar-refractivity contribution in [2.75, 3.05) is 46.3 Å². The lowest BCUT2D eigenvalue weighted by Gasteiger charge is -2.38. The highest BCUT2D eigenvalue weighted by molar-refractivity contribution is 5.88. The van der Waals surface area contributed by atoms with Crippen LogP contribution < -0.4 is 10.6 Å². The second-order valence-corrected chi connectivity index (χ2v) is 21.7. The van der Waals surface area contributed by atoms with Gasteiger partial charge in [0.2, 0.25) is 23.6 Å². The number of hydrogen-bond acceptors (Lipinski definition) is 5. The highest BCUT2D eigenvalue weighted by Gasteiger charge is 2.38. The molecule has 0 radical (unpaired) electrons. The van der Waals surface area contributed by atoms with Crippen molar-refractivity contribution in [3.05, 3.63) is 48.6 Å². The molecule has 4 amide bonds. The largest absolute Gasteiger partial charge is 0.353 e. The summed E-state index contributed by atoms with van der Waals surface area (Å²) in [5.74, 6) is 0.635. The highest BCUT2D eigenvalue weighted by Crippen LogP contribution is 2.32. The van der Waals surface area contributed by atoms with E-state index in [2.05, 4.69) is 91.8 Å². The van der Waals surface area contributed by atoms with Gasteiger partial charge >= 0.3 is 0 Å². The summed E-state index contributed by atoms with van der Waals surface area (Å²) in [6.45, 7) is 12.2. The van der Waals surface area contributed by atoms with E-state index < -0.39 is 12.1 Å². The van der Waals surface area contributed by atoms with Gasteiger partial charge in [0.05, 0.1) is 0 Å². The Morgan fingerprint density at radius 3 is 1.10 bits per heavy atom. The van der Waals surface area contributed by atoms with E-state index in [4.69, 9.17) is 0 Å². The number of hydrogen-bond donors (Lipinski definition) is 2. The van der Waals surface area contributed by atoms with Crippen molar-refractivity contribution in [3.8, 4) is 0 Å². The Labute approximate surface area is 444 Å². The highest BCUT2D eigenvalue weighted by atomic mass is 16.2. The SMILES string of the molecule is CCCCC/C=C\C/C=C\CCCCCCCC(=O)N(CCC)C(C(=O)NCCN(C)CCNC(=O)C(C1CCCCC1)N(CCC)C(=O)CCCCCCC/C=C\C/C=C\CCCCC)C1CCCCC1. The fourth-order valence-corrected chi connectivity index (χ4v) is 11.0. The average molecular weight is 1000 g/mol. The maximum atomic E-state index is 14.1. The van der Waals surface area contributed by atoms with Gasteiger partial charge in [-0.25, -0.2) is 0 Å². The van der Waals surface area contributed by atoms with Gasteiger partial charge in [-0.05, 0) is 134 Å². The molecule has 72 heavy (non-hydrogen) atoms. The van der Waals surface area contributed by atoms with Crippen LogP contribution in [0.15, 0.2) is 48.6 Å². The van der Waals surface area contributed by atoms with Crippen LogP contribution in [0.3, 0.4) is 0 Å². The first kappa shape index (κ1) is 64.9. The van der Waals surface area contributed by atoms with Crippen LogP contribution in [0, 0.1) is 11.8 Å². The molecule has 2 rings (SSSR count). The third-order valence-corrected chi connectivity index (χ3v) is 15.2. The maximum absolute atomic E-state index is 14.1. The first-order chi connectivity index (χ1) is 35.3. The minimum absolute atomic E-state index is 0.0127. The summed E-state index contributed by atoms with van der Waals surface area (Å²) in [7, 11) is 2.03. The Morgan fingerprint density at radius 2 is 0.750 bits per heavy atom. The molecule has 2 N–H and O–H groups in total. The lowest BCUT2D eigenvalue weighted by Crippen LogP contribution is -2.55. The average Bonchev–Trinajstić information content (AvgIpc) is 3.38. The minimum atomic E-state index is -0.416. The molecule has 9 heteroatoms. The molecular formula is C63H113N5O4. The molecule has 2 atom stereocenters. The second kappa shape index (κ2) is 45.2. The van der Waals surface area contributed by atoms with E-state index in [0.29, 0.717) is 52.1 Å². The van der Waals surface area contributed by atoms with Crippen LogP contribution in [-0.2, 0) is 19.2 Å². The fraction of sp³-hybridized carbons (Fsp3) is 0.810. The summed E-state index contributed by atoms with van der Waals surface area (Å²) in [6.07, 6.45) is 57.3. The van der Waals surface area contributed by atoms with Crippen molar-refractivity contribution in [2.24, 2.45) is 11.8 Å². The molecule has 0 aliphatic heterocycles. The fourth-order valence-electron chi connectivity index (χ4n) is 11.0. The number of allylic oxidation sites excluding steroid dienone is 8. The van der Waals surface area contributed by atoms with Crippen LogP contribution in [0.4, 0.5) is 0 Å². The molecule has 2 saturated carbocycles. The first-order valence-corrected chi connectivity index (χ1v) is 30.7. The molecule has 0 heterocycles. The maximum Gasteiger partial charge on any atom is 0.243 e. The summed E-state index contributed by atoms with van der Waals surface area (Å²) >= 11 is 0. The molecule has 0 saturated heterocycles. The van der Waals surface area contributed by atoms with Gasteiger partial charge < -0.3 is 25.3 Å². The molecule has 0 spiro atoms. The molecular weight excluding hydrogens is 891 g/mol. The van der Waals surface area contributed by atoms with Gasteiger partial charge in [0.15, 0.2) is 0 Å². The Hall–Kier alpha value is -3.20. The molecule has 2 aliphatic carbocycles. The predicted octanol–water partition coefficient (Wildman–Crippen LogP) is 15.2. The summed E-state index contributed by atoms with van der Waals surface area (Å²) in [6, 6.07) is -0.832. The summed E-state index contributed by atoms with van der Waals surface area (Å²) in [5.41, 5.74) is 0. The Bertz CT molecular complexity index is 1370. The number of nitrogens with zero attached hydrogens (tertiary/aromatic N) is 3. The van der Waals surface area contributed by atoms with Crippen molar-refractivity contribution >= 4 is 23.6 Å². The second-order valence-electron chi connectivity index (χ2n) is 21.7. The molecule has 414 valence electrons. The van der Waals surface area contributed by atoms with Gasteiger partial charge in [-0.3, -0.25) is 19.2 Å². The number of carbonyl (C=O) groups is 4. The van der Waals surface area contributed by atoms with Crippen LogP contribution in [0.1, 0.15) is 259 Å². The minimum Gasteiger partial charge on any atom is -0.353 e. The van der Waals surface area contributed by atoms with Gasteiger partial charge in [0.1, 0.15) is 12.1 Å². The number of carbonyl (C=O) groups excluding carboxylic acids is 4. The van der Waals surface area contributed by atoms with E-state index in [1.807, 2.05) is 16.8 Å². The number of likely N-dealkylation sites (N-methyl/N-ethyl adjacent to an activating group) is 1. The van der Waals surface area contributed by atoms with Crippen molar-refractivity contribution < 1.29 is 19.2 Å². The Morgan fingerprint density at radius 1 is 0.417 bits per heavy atom. The summed E-state index contributed by atoms with van der Waals surface area (Å²) in [5, 5.41) is 6.51. The van der Waals surface area contributed by atoms with Gasteiger partial charge in [-0.15, -0.1) is 0 Å². The van der Waals surface area contributed by atoms with Crippen molar-refractivity contribution in [1.82, 2.24) is 25.3 Å². The smallest absolute Gasteiger partial charge is 0.243 e. The van der Waals surface area contributed by atoms with E-state index in [0.717, 1.165) is 128 Å². The zero-order chi connectivity index (χ0) is 52.1. The van der Waals surface area contributed by atoms with Gasteiger partial charge in [0.25, 0.3) is 0 Å². The zero-order valence-electron chi connectivity index (χ0n) is 47.6. The third-order valence-electron chi connectivity index (χ3n) is 15.2. The zero-order valence-corrected chi connectivity index (χ0v) is 47.6. The van der Waals surface area contributed by atoms with Gasteiger partial charge in [0, 0.05) is 52.1 Å². The van der Waals surface area contributed by atoms with Crippen LogP contribution in [0.25, 0.3) is 0 Å². The number of amides is 4. The monoisotopic (exact) mass is 1000 g/mol. The van der Waals surface area contributed by atoms with E-state index in [9.17, 15) is 19.2 Å². The molecule has 9 nitrogen and oxygen atoms in total. The normalized spacial score (nSPS) is 15.9. The lowest BCUT2D eigenvalue weighted by molar-refractivity contribution is -0.143. The Balaban J connectivity index is 1.83. The topological polar surface area (TPSA) is 102 Å². The van der Waals surface area contributed by atoms with Crippen molar-refractivity contribution in [3.63, 3.8) is 0 Å². The number of unbranched alkanes of at least 4 members (excludes halogenated alkanes) is 16. The molecule has 2 aliphatic rings. The van der Waals surface area contributed by atoms with E-state index >= 15 is 0 Å². The van der Waals surface area contributed by atoms with Crippen LogP contribution in [0.5, 0.6) is 0 Å². The van der Waals surface area contributed by atoms with Crippen LogP contribution in [-0.4, -0.2) is 96.7 Å². The molecule has 0 bridgehead atoms. The standard InChI is InChI=1S/C63H113N5O4/c1-6-10-12-14-16-18-20-22-24-26-28-30-32-34-42-48-58(69)67(52-8-3)60(56-44-38-36-39-45-56)62(71)64-50-54-66(5)55-51-65-63(72)61(57-46-40-37-41-47-57)68(53-9-4)59(70)49-43-35-33-31-29-27-25-23-21-19-17-15-13-11-7-2/h16-19,22-25,56-57,60-61H,6-15,20-21,26-55H2,1-5H3,(H,64,71)(H,65,72)/b18-16-,19-17-,24-22-,25-23-. The van der Waals surface area contributed by atoms with Crippen LogP contribution >= 0.6 is 0 Å². The van der Waals surface area contributed by atoms with Gasteiger partial charge in [-0.2, -0.15) is 0 Å². The van der Waals surface area contributed by atoms with E-state index in [-0.39, 0.29) is 35.5 Å². The summed E-state index contributed by atoms with van der Waals surface area (Å²) in [4.78, 5) is 62.1. The first-order valence-electron chi connectivity index (χ1n) is 30.7.